The summed E-state index contributed by atoms with van der Waals surface area (Å²) in [5.74, 6) is 0.518. The summed E-state index contributed by atoms with van der Waals surface area (Å²) in [5.41, 5.74) is 1.20. The fourth-order valence-corrected chi connectivity index (χ4v) is 2.36. The monoisotopic (exact) mass is 317 g/mol. The van der Waals surface area contributed by atoms with E-state index in [-0.39, 0.29) is 17.7 Å². The number of rotatable bonds is 6. The Morgan fingerprint density at radius 1 is 1.43 bits per heavy atom. The normalized spacial score (nSPS) is 12.7. The second-order valence-electron chi connectivity index (χ2n) is 6.09. The zero-order valence-corrected chi connectivity index (χ0v) is 13.9. The average molecular weight is 317 g/mol. The van der Waals surface area contributed by atoms with Crippen molar-refractivity contribution >= 4 is 11.7 Å². The van der Waals surface area contributed by atoms with Crippen molar-refractivity contribution in [1.82, 2.24) is 10.3 Å². The fraction of sp³-hybridized carbons (Fsp3) is 0.412. The summed E-state index contributed by atoms with van der Waals surface area (Å²) in [5, 5.41) is 5.72. The summed E-state index contributed by atoms with van der Waals surface area (Å²) in [7, 11) is 1.67. The molecule has 1 aromatic carbocycles. The predicted octanol–water partition coefficient (Wildman–Crippen LogP) is 3.67. The van der Waals surface area contributed by atoms with Crippen LogP contribution in [0.2, 0.25) is 0 Å². The van der Waals surface area contributed by atoms with Gasteiger partial charge in [-0.15, -0.1) is 0 Å². The van der Waals surface area contributed by atoms with Gasteiger partial charge in [-0.05, 0) is 45.4 Å². The summed E-state index contributed by atoms with van der Waals surface area (Å²) in [6.07, 6.45) is 3.82. The Balaban J connectivity index is 1.94. The maximum atomic E-state index is 12.1. The Hall–Kier alpha value is -2.34. The molecule has 6 heteroatoms. The van der Waals surface area contributed by atoms with Crippen LogP contribution in [0.4, 0.5) is 10.5 Å². The Kier molecular flexibility index (Phi) is 5.39. The van der Waals surface area contributed by atoms with Crippen molar-refractivity contribution in [2.24, 2.45) is 0 Å². The zero-order chi connectivity index (χ0) is 16.9. The van der Waals surface area contributed by atoms with Crippen molar-refractivity contribution in [3.63, 3.8) is 0 Å². The molecule has 1 atom stereocenters. The molecule has 0 bridgehead atoms. The average Bonchev–Trinajstić information content (AvgIpc) is 3.00. The highest BCUT2D eigenvalue weighted by Gasteiger charge is 2.21. The number of hydrogen-bond acceptors (Lipinski definition) is 4. The highest BCUT2D eigenvalue weighted by atomic mass is 16.5. The standard InChI is InChI=1S/C17H23N3O3/c1-12(11-17(2,3)22-4)19-16(21)20-14-7-5-6-13(10-14)15-18-8-9-23-15/h5-10,12H,11H2,1-4H3,(H2,19,20,21). The van der Waals surface area contributed by atoms with Gasteiger partial charge in [-0.1, -0.05) is 6.07 Å². The van der Waals surface area contributed by atoms with Crippen LogP contribution in [0.3, 0.4) is 0 Å². The Morgan fingerprint density at radius 2 is 2.22 bits per heavy atom. The van der Waals surface area contributed by atoms with Gasteiger partial charge in [-0.3, -0.25) is 0 Å². The molecular formula is C17H23N3O3. The summed E-state index contributed by atoms with van der Waals surface area (Å²) < 4.78 is 10.6. The SMILES string of the molecule is COC(C)(C)CC(C)NC(=O)Nc1cccc(-c2ncco2)c1. The number of ether oxygens (including phenoxy) is 1. The number of oxazole rings is 1. The van der Waals surface area contributed by atoms with E-state index in [1.165, 1.54) is 6.26 Å². The van der Waals surface area contributed by atoms with E-state index in [1.54, 1.807) is 13.3 Å². The Morgan fingerprint density at radius 3 is 2.87 bits per heavy atom. The molecule has 1 heterocycles. The van der Waals surface area contributed by atoms with Crippen LogP contribution < -0.4 is 10.6 Å². The van der Waals surface area contributed by atoms with Gasteiger partial charge in [0.2, 0.25) is 5.89 Å². The molecule has 2 rings (SSSR count). The largest absolute Gasteiger partial charge is 0.445 e. The van der Waals surface area contributed by atoms with Crippen LogP contribution in [-0.2, 0) is 4.74 Å². The van der Waals surface area contributed by atoms with Crippen molar-refractivity contribution in [3.8, 4) is 11.5 Å². The van der Waals surface area contributed by atoms with Gasteiger partial charge in [0, 0.05) is 24.4 Å². The van der Waals surface area contributed by atoms with E-state index in [1.807, 2.05) is 45.0 Å². The molecular weight excluding hydrogens is 294 g/mol. The molecule has 2 N–H and O–H groups in total. The van der Waals surface area contributed by atoms with E-state index >= 15 is 0 Å². The van der Waals surface area contributed by atoms with Crippen LogP contribution in [0.1, 0.15) is 27.2 Å². The number of methoxy groups -OCH3 is 1. The second-order valence-corrected chi connectivity index (χ2v) is 6.09. The number of urea groups is 1. The van der Waals surface area contributed by atoms with E-state index in [0.717, 1.165) is 5.56 Å². The number of aromatic nitrogens is 1. The number of benzene rings is 1. The lowest BCUT2D eigenvalue weighted by molar-refractivity contribution is 0.00963. The van der Waals surface area contributed by atoms with Crippen LogP contribution in [0.25, 0.3) is 11.5 Å². The fourth-order valence-electron chi connectivity index (χ4n) is 2.36. The van der Waals surface area contributed by atoms with Gasteiger partial charge in [0.1, 0.15) is 6.26 Å². The van der Waals surface area contributed by atoms with E-state index in [4.69, 9.17) is 9.15 Å². The highest BCUT2D eigenvalue weighted by Crippen LogP contribution is 2.21. The molecule has 124 valence electrons. The summed E-state index contributed by atoms with van der Waals surface area (Å²) in [4.78, 5) is 16.2. The van der Waals surface area contributed by atoms with Gasteiger partial charge in [0.25, 0.3) is 0 Å². The highest BCUT2D eigenvalue weighted by molar-refractivity contribution is 5.90. The molecule has 6 nitrogen and oxygen atoms in total. The molecule has 0 spiro atoms. The molecule has 0 aliphatic heterocycles. The molecule has 1 aromatic heterocycles. The van der Waals surface area contributed by atoms with Gasteiger partial charge in [0.15, 0.2) is 0 Å². The first kappa shape index (κ1) is 17.0. The third kappa shape index (κ3) is 5.10. The van der Waals surface area contributed by atoms with Gasteiger partial charge in [-0.2, -0.15) is 0 Å². The van der Waals surface area contributed by atoms with Gasteiger partial charge in [0.05, 0.1) is 11.8 Å². The zero-order valence-electron chi connectivity index (χ0n) is 13.9. The molecule has 23 heavy (non-hydrogen) atoms. The third-order valence-corrected chi connectivity index (χ3v) is 3.53. The van der Waals surface area contributed by atoms with Crippen molar-refractivity contribution in [2.45, 2.75) is 38.8 Å². The van der Waals surface area contributed by atoms with E-state index < -0.39 is 0 Å². The van der Waals surface area contributed by atoms with Crippen LogP contribution >= 0.6 is 0 Å². The molecule has 0 radical (unpaired) electrons. The Labute approximate surface area is 136 Å². The van der Waals surface area contributed by atoms with Crippen LogP contribution in [0.5, 0.6) is 0 Å². The van der Waals surface area contributed by atoms with Gasteiger partial charge >= 0.3 is 6.03 Å². The minimum Gasteiger partial charge on any atom is -0.445 e. The number of hydrogen-bond donors (Lipinski definition) is 2. The number of carbonyl (C=O) groups is 1. The molecule has 2 aromatic rings. The number of amides is 2. The molecule has 0 saturated heterocycles. The maximum absolute atomic E-state index is 12.1. The molecule has 0 aliphatic carbocycles. The molecule has 1 unspecified atom stereocenters. The lowest BCUT2D eigenvalue weighted by Crippen LogP contribution is -2.40. The van der Waals surface area contributed by atoms with E-state index in [2.05, 4.69) is 15.6 Å². The minimum atomic E-state index is -0.280. The smallest absolute Gasteiger partial charge is 0.319 e. The van der Waals surface area contributed by atoms with Gasteiger partial charge in [-0.25, -0.2) is 9.78 Å². The van der Waals surface area contributed by atoms with Crippen LogP contribution in [0.15, 0.2) is 41.1 Å². The second kappa shape index (κ2) is 7.28. The first-order chi connectivity index (χ1) is 10.9. The number of carbonyl (C=O) groups excluding carboxylic acids is 1. The molecule has 2 amide bonds. The van der Waals surface area contributed by atoms with E-state index in [0.29, 0.717) is 18.0 Å². The summed E-state index contributed by atoms with van der Waals surface area (Å²) in [6.45, 7) is 5.93. The van der Waals surface area contributed by atoms with Crippen molar-refractivity contribution < 1.29 is 13.9 Å². The van der Waals surface area contributed by atoms with Gasteiger partial charge < -0.3 is 19.8 Å². The van der Waals surface area contributed by atoms with Crippen LogP contribution in [-0.4, -0.2) is 29.8 Å². The quantitative estimate of drug-likeness (QED) is 0.852. The van der Waals surface area contributed by atoms with Crippen LogP contribution in [0, 0.1) is 0 Å². The number of nitrogens with one attached hydrogen (secondary N) is 2. The molecule has 0 fully saturated rings. The number of anilines is 1. The summed E-state index contributed by atoms with van der Waals surface area (Å²) in [6, 6.07) is 7.07. The van der Waals surface area contributed by atoms with Crippen molar-refractivity contribution in [2.75, 3.05) is 12.4 Å². The Bertz CT molecular complexity index is 638. The summed E-state index contributed by atoms with van der Waals surface area (Å²) >= 11 is 0. The first-order valence-electron chi connectivity index (χ1n) is 7.52. The van der Waals surface area contributed by atoms with Crippen molar-refractivity contribution in [1.29, 1.82) is 0 Å². The predicted molar refractivity (Wildman–Crippen MR) is 89.3 cm³/mol. The third-order valence-electron chi connectivity index (χ3n) is 3.53. The van der Waals surface area contributed by atoms with Crippen molar-refractivity contribution in [3.05, 3.63) is 36.7 Å². The first-order valence-corrected chi connectivity index (χ1v) is 7.52. The molecule has 0 aliphatic rings. The van der Waals surface area contributed by atoms with E-state index in [9.17, 15) is 4.79 Å². The lowest BCUT2D eigenvalue weighted by Gasteiger charge is -2.27. The maximum Gasteiger partial charge on any atom is 0.319 e. The lowest BCUT2D eigenvalue weighted by atomic mass is 10.00. The topological polar surface area (TPSA) is 76.4 Å². The minimum absolute atomic E-state index is 0.0140. The molecule has 0 saturated carbocycles. The number of nitrogens with zero attached hydrogens (tertiary/aromatic N) is 1.